The fourth-order valence-corrected chi connectivity index (χ4v) is 0.722. The first kappa shape index (κ1) is 8.48. The van der Waals surface area contributed by atoms with Gasteiger partial charge in [0, 0.05) is 12.3 Å². The number of nitrogens with two attached hydrogens (primary N) is 1. The number of pyridine rings is 1. The summed E-state index contributed by atoms with van der Waals surface area (Å²) in [5.41, 5.74) is 5.20. The van der Waals surface area contributed by atoms with Crippen LogP contribution in [0.1, 0.15) is 5.69 Å². The number of carbonyl (C=O) groups excluding carboxylic acids is 1. The number of aromatic nitrogens is 1. The lowest BCUT2D eigenvalue weighted by atomic mass is 10.3. The van der Waals surface area contributed by atoms with Gasteiger partial charge in [0.15, 0.2) is 0 Å². The topological polar surface area (TPSA) is 85.4 Å². The molecule has 5 heteroatoms. The lowest BCUT2D eigenvalue weighted by Crippen LogP contribution is -2.16. The van der Waals surface area contributed by atoms with Crippen LogP contribution in [0, 0.1) is 0 Å². The molecule has 0 unspecified atom stereocenters. The first-order chi connectivity index (χ1) is 5.72. The van der Waals surface area contributed by atoms with Gasteiger partial charge >= 0.3 is 6.09 Å². The van der Waals surface area contributed by atoms with E-state index in [0.29, 0.717) is 5.69 Å². The summed E-state index contributed by atoms with van der Waals surface area (Å²) in [6.45, 7) is -0.198. The van der Waals surface area contributed by atoms with E-state index in [0.717, 1.165) is 0 Å². The van der Waals surface area contributed by atoms with Crippen LogP contribution in [0.15, 0.2) is 18.3 Å². The van der Waals surface area contributed by atoms with Gasteiger partial charge in [-0.1, -0.05) is 0 Å². The highest BCUT2D eigenvalue weighted by Crippen LogP contribution is 2.10. The first-order valence-corrected chi connectivity index (χ1v) is 3.25. The first-order valence-electron chi connectivity index (χ1n) is 3.25. The van der Waals surface area contributed by atoms with Crippen molar-refractivity contribution in [2.75, 3.05) is 0 Å². The Labute approximate surface area is 68.8 Å². The number of nitrogens with zero attached hydrogens (tertiary/aromatic N) is 1. The Hall–Kier alpha value is -1.62. The van der Waals surface area contributed by atoms with Crippen molar-refractivity contribution in [1.82, 2.24) is 4.98 Å². The van der Waals surface area contributed by atoms with Crippen molar-refractivity contribution in [2.45, 2.75) is 6.61 Å². The smallest absolute Gasteiger partial charge is 0.409 e. The number of carbonyl (C=O) groups is 1. The molecule has 0 atom stereocenters. The van der Waals surface area contributed by atoms with E-state index in [1.807, 2.05) is 0 Å². The summed E-state index contributed by atoms with van der Waals surface area (Å²) in [5.74, 6) is 0.279. The molecule has 0 radical (unpaired) electrons. The second kappa shape index (κ2) is 3.68. The predicted octanol–water partition coefficient (Wildman–Crippen LogP) is 0.0314. The number of hydrogen-bond acceptors (Lipinski definition) is 4. The zero-order valence-corrected chi connectivity index (χ0v) is 6.23. The standard InChI is InChI=1S/C7H8N2O3/c8-7(11)12-6-1-2-9-5(3-6)4-10/h1-3,10H,4H2,(H2,8,11). The molecule has 0 saturated carbocycles. The summed E-state index contributed by atoms with van der Waals surface area (Å²) in [5, 5.41) is 8.66. The largest absolute Gasteiger partial charge is 0.410 e. The molecule has 1 aromatic rings. The zero-order valence-electron chi connectivity index (χ0n) is 6.23. The molecule has 5 nitrogen and oxygen atoms in total. The predicted molar refractivity (Wildman–Crippen MR) is 40.4 cm³/mol. The lowest BCUT2D eigenvalue weighted by Gasteiger charge is -2.00. The minimum Gasteiger partial charge on any atom is -0.410 e. The van der Waals surface area contributed by atoms with E-state index < -0.39 is 6.09 Å². The number of aliphatic hydroxyl groups excluding tert-OH is 1. The third kappa shape index (κ3) is 2.21. The van der Waals surface area contributed by atoms with Gasteiger partial charge in [0.25, 0.3) is 0 Å². The summed E-state index contributed by atoms with van der Waals surface area (Å²) >= 11 is 0. The van der Waals surface area contributed by atoms with Gasteiger partial charge in [0.1, 0.15) is 5.75 Å². The van der Waals surface area contributed by atoms with E-state index in [4.69, 9.17) is 10.8 Å². The van der Waals surface area contributed by atoms with Crippen LogP contribution in [0.4, 0.5) is 4.79 Å². The van der Waals surface area contributed by atoms with Crippen molar-refractivity contribution in [1.29, 1.82) is 0 Å². The molecule has 0 aliphatic heterocycles. The van der Waals surface area contributed by atoms with Crippen molar-refractivity contribution < 1.29 is 14.6 Å². The van der Waals surface area contributed by atoms with E-state index in [1.165, 1.54) is 18.3 Å². The quantitative estimate of drug-likeness (QED) is 0.652. The van der Waals surface area contributed by atoms with Crippen LogP contribution in [-0.2, 0) is 6.61 Å². The molecule has 0 fully saturated rings. The summed E-state index contributed by atoms with van der Waals surface area (Å²) < 4.78 is 4.54. The molecule has 3 N–H and O–H groups in total. The van der Waals surface area contributed by atoms with E-state index in [-0.39, 0.29) is 12.4 Å². The molecule has 1 amide bonds. The van der Waals surface area contributed by atoms with Crippen LogP contribution < -0.4 is 10.5 Å². The summed E-state index contributed by atoms with van der Waals surface area (Å²) in [6, 6.07) is 2.91. The van der Waals surface area contributed by atoms with Gasteiger partial charge in [-0.05, 0) is 6.07 Å². The van der Waals surface area contributed by atoms with Gasteiger partial charge in [-0.3, -0.25) is 4.98 Å². The van der Waals surface area contributed by atoms with E-state index >= 15 is 0 Å². The van der Waals surface area contributed by atoms with Gasteiger partial charge < -0.3 is 15.6 Å². The van der Waals surface area contributed by atoms with Gasteiger partial charge in [-0.25, -0.2) is 4.79 Å². The highest BCUT2D eigenvalue weighted by Gasteiger charge is 1.99. The number of rotatable bonds is 2. The van der Waals surface area contributed by atoms with Gasteiger partial charge in [-0.15, -0.1) is 0 Å². The molecular weight excluding hydrogens is 160 g/mol. The SMILES string of the molecule is NC(=O)Oc1ccnc(CO)c1. The second-order valence-electron chi connectivity index (χ2n) is 2.06. The van der Waals surface area contributed by atoms with Crippen molar-refractivity contribution >= 4 is 6.09 Å². The molecule has 64 valence electrons. The number of ether oxygens (including phenoxy) is 1. The van der Waals surface area contributed by atoms with Crippen molar-refractivity contribution in [3.8, 4) is 5.75 Å². The average molecular weight is 168 g/mol. The highest BCUT2D eigenvalue weighted by molar-refractivity contribution is 5.67. The molecule has 0 aromatic carbocycles. The van der Waals surface area contributed by atoms with Crippen molar-refractivity contribution in [3.05, 3.63) is 24.0 Å². The van der Waals surface area contributed by atoms with Crippen LogP contribution in [0.2, 0.25) is 0 Å². The normalized spacial score (nSPS) is 9.42. The van der Waals surface area contributed by atoms with Gasteiger partial charge in [0.2, 0.25) is 0 Å². The van der Waals surface area contributed by atoms with Gasteiger partial charge in [0.05, 0.1) is 12.3 Å². The van der Waals surface area contributed by atoms with Crippen molar-refractivity contribution in [2.24, 2.45) is 5.73 Å². The monoisotopic (exact) mass is 168 g/mol. The Morgan fingerprint density at radius 1 is 1.75 bits per heavy atom. The molecule has 0 aliphatic carbocycles. The molecule has 1 heterocycles. The minimum absolute atomic E-state index is 0.198. The summed E-state index contributed by atoms with van der Waals surface area (Å²) in [4.78, 5) is 14.1. The fourth-order valence-electron chi connectivity index (χ4n) is 0.722. The third-order valence-corrected chi connectivity index (χ3v) is 1.17. The molecule has 0 aliphatic rings. The average Bonchev–Trinajstić information content (AvgIpc) is 2.03. The van der Waals surface area contributed by atoms with Crippen LogP contribution in [-0.4, -0.2) is 16.2 Å². The molecule has 0 spiro atoms. The Balaban J connectivity index is 2.79. The molecule has 12 heavy (non-hydrogen) atoms. The number of primary amides is 1. The number of amides is 1. The molecule has 0 saturated heterocycles. The summed E-state index contributed by atoms with van der Waals surface area (Å²) in [6.07, 6.45) is 0.536. The molecule has 0 bridgehead atoms. The number of aliphatic hydroxyl groups is 1. The minimum atomic E-state index is -0.884. The highest BCUT2D eigenvalue weighted by atomic mass is 16.5. The van der Waals surface area contributed by atoms with Crippen LogP contribution in [0.5, 0.6) is 5.75 Å². The maximum atomic E-state index is 10.3. The van der Waals surface area contributed by atoms with Crippen LogP contribution >= 0.6 is 0 Å². The number of hydrogen-bond donors (Lipinski definition) is 2. The Bertz CT molecular complexity index is 288. The lowest BCUT2D eigenvalue weighted by molar-refractivity contribution is 0.210. The molecule has 1 rings (SSSR count). The van der Waals surface area contributed by atoms with Crippen molar-refractivity contribution in [3.63, 3.8) is 0 Å². The summed E-state index contributed by atoms with van der Waals surface area (Å²) in [7, 11) is 0. The maximum Gasteiger partial charge on any atom is 0.409 e. The second-order valence-corrected chi connectivity index (χ2v) is 2.06. The maximum absolute atomic E-state index is 10.3. The Morgan fingerprint density at radius 2 is 2.50 bits per heavy atom. The van der Waals surface area contributed by atoms with Crippen LogP contribution in [0.3, 0.4) is 0 Å². The van der Waals surface area contributed by atoms with Gasteiger partial charge in [-0.2, -0.15) is 0 Å². The molecular formula is C7H8N2O3. The Morgan fingerprint density at radius 3 is 3.08 bits per heavy atom. The molecule has 1 aromatic heterocycles. The third-order valence-electron chi connectivity index (χ3n) is 1.17. The Kier molecular flexibility index (Phi) is 2.60. The van der Waals surface area contributed by atoms with E-state index in [1.54, 1.807) is 0 Å². The fraction of sp³-hybridized carbons (Fsp3) is 0.143. The van der Waals surface area contributed by atoms with E-state index in [9.17, 15) is 4.79 Å². The van der Waals surface area contributed by atoms with E-state index in [2.05, 4.69) is 9.72 Å². The zero-order chi connectivity index (χ0) is 8.97. The van der Waals surface area contributed by atoms with Crippen LogP contribution in [0.25, 0.3) is 0 Å².